The monoisotopic (exact) mass is 361 g/mol. The number of carbonyl (C=O) groups is 2. The van der Waals surface area contributed by atoms with Crippen molar-refractivity contribution in [1.29, 1.82) is 0 Å². The number of carbonyl (C=O) groups excluding carboxylic acids is 2. The van der Waals surface area contributed by atoms with Crippen LogP contribution < -0.4 is 0 Å². The maximum Gasteiger partial charge on any atom is 0.410 e. The third kappa shape index (κ3) is 3.65. The lowest BCUT2D eigenvalue weighted by molar-refractivity contribution is 0.0510. The lowest BCUT2D eigenvalue weighted by Crippen LogP contribution is -2.51. The van der Waals surface area contributed by atoms with E-state index in [1.807, 2.05) is 59.5 Å². The van der Waals surface area contributed by atoms with Crippen molar-refractivity contribution in [1.82, 2.24) is 4.90 Å². The molecule has 27 heavy (non-hydrogen) atoms. The average Bonchev–Trinajstić information content (AvgIpc) is 2.71. The van der Waals surface area contributed by atoms with Gasteiger partial charge in [-0.3, -0.25) is 9.69 Å². The second-order valence-electron chi connectivity index (χ2n) is 7.20. The zero-order valence-electron chi connectivity index (χ0n) is 15.2. The maximum atomic E-state index is 12.8. The van der Waals surface area contributed by atoms with E-state index >= 15 is 0 Å². The summed E-state index contributed by atoms with van der Waals surface area (Å²) in [6.07, 6.45) is 6.60. The minimum atomic E-state index is -0.243. The predicted molar refractivity (Wildman–Crippen MR) is 104 cm³/mol. The molecule has 0 aromatic heterocycles. The van der Waals surface area contributed by atoms with Crippen molar-refractivity contribution in [3.05, 3.63) is 77.4 Å². The third-order valence-corrected chi connectivity index (χ3v) is 5.49. The molecule has 1 saturated heterocycles. The summed E-state index contributed by atoms with van der Waals surface area (Å²) in [7, 11) is 0. The molecule has 2 aliphatic rings. The molecule has 0 spiro atoms. The van der Waals surface area contributed by atoms with Crippen LogP contribution in [0, 0.1) is 0 Å². The van der Waals surface area contributed by atoms with Gasteiger partial charge in [0.25, 0.3) is 0 Å². The molecule has 2 aliphatic heterocycles. The molecule has 2 aromatic rings. The van der Waals surface area contributed by atoms with Crippen molar-refractivity contribution in [2.24, 2.45) is 0 Å². The summed E-state index contributed by atoms with van der Waals surface area (Å²) in [6.45, 7) is 0.292. The van der Waals surface area contributed by atoms with Gasteiger partial charge in [0.1, 0.15) is 6.61 Å². The number of ether oxygens (including phenoxy) is 1. The first kappa shape index (κ1) is 17.5. The Kier molecular flexibility index (Phi) is 5.05. The van der Waals surface area contributed by atoms with E-state index in [1.54, 1.807) is 0 Å². The fraction of sp³-hybridized carbons (Fsp3) is 0.304. The van der Waals surface area contributed by atoms with E-state index in [0.29, 0.717) is 12.2 Å². The van der Waals surface area contributed by atoms with Crippen LogP contribution in [0.4, 0.5) is 4.79 Å². The number of fused-ring (bicyclic) bond motifs is 2. The number of piperidine rings is 1. The molecule has 0 saturated carbocycles. The van der Waals surface area contributed by atoms with Crippen molar-refractivity contribution in [3.63, 3.8) is 0 Å². The number of benzene rings is 2. The van der Waals surface area contributed by atoms with Gasteiger partial charge in [-0.1, -0.05) is 60.7 Å². The molecule has 2 heterocycles. The van der Waals surface area contributed by atoms with Crippen LogP contribution in [0.25, 0.3) is 5.57 Å². The quantitative estimate of drug-likeness (QED) is 0.732. The molecular formula is C23H23NO3. The number of hydrogen-bond acceptors (Lipinski definition) is 3. The van der Waals surface area contributed by atoms with Crippen LogP contribution >= 0.6 is 0 Å². The van der Waals surface area contributed by atoms with Crippen molar-refractivity contribution in [2.45, 2.75) is 44.4 Å². The fourth-order valence-electron chi connectivity index (χ4n) is 4.20. The molecule has 2 atom stereocenters. The van der Waals surface area contributed by atoms with Crippen molar-refractivity contribution >= 4 is 18.0 Å². The molecule has 2 unspecified atom stereocenters. The Bertz CT molecular complexity index is 859. The maximum absolute atomic E-state index is 12.8. The highest BCUT2D eigenvalue weighted by Crippen LogP contribution is 2.38. The SMILES string of the molecule is O=Cc1ccccc1C1=CC2CCCC(C1)N2C(=O)OCc1ccccc1. The van der Waals surface area contributed by atoms with E-state index in [-0.39, 0.29) is 18.2 Å². The number of nitrogens with zero attached hydrogens (tertiary/aromatic N) is 1. The molecule has 0 aliphatic carbocycles. The van der Waals surface area contributed by atoms with Gasteiger partial charge >= 0.3 is 6.09 Å². The van der Waals surface area contributed by atoms with Crippen LogP contribution in [0.15, 0.2) is 60.7 Å². The summed E-state index contributed by atoms with van der Waals surface area (Å²) in [5.74, 6) is 0. The molecule has 0 radical (unpaired) electrons. The molecule has 2 bridgehead atoms. The molecular weight excluding hydrogens is 338 g/mol. The van der Waals surface area contributed by atoms with Gasteiger partial charge in [-0.15, -0.1) is 0 Å². The van der Waals surface area contributed by atoms with Gasteiger partial charge in [0.2, 0.25) is 0 Å². The molecule has 4 nitrogen and oxygen atoms in total. The van der Waals surface area contributed by atoms with Crippen molar-refractivity contribution in [3.8, 4) is 0 Å². The predicted octanol–water partition coefficient (Wildman–Crippen LogP) is 4.85. The first-order valence-corrected chi connectivity index (χ1v) is 9.50. The molecule has 1 fully saturated rings. The molecule has 0 N–H and O–H groups in total. The summed E-state index contributed by atoms with van der Waals surface area (Å²) in [5, 5.41) is 0. The normalized spacial score (nSPS) is 21.3. The first-order valence-electron chi connectivity index (χ1n) is 9.50. The second kappa shape index (κ2) is 7.78. The summed E-state index contributed by atoms with van der Waals surface area (Å²) >= 11 is 0. The first-order chi connectivity index (χ1) is 13.3. The average molecular weight is 361 g/mol. The highest BCUT2D eigenvalue weighted by molar-refractivity contribution is 5.86. The summed E-state index contributed by atoms with van der Waals surface area (Å²) in [4.78, 5) is 26.1. The van der Waals surface area contributed by atoms with Crippen molar-refractivity contribution < 1.29 is 14.3 Å². The van der Waals surface area contributed by atoms with E-state index in [9.17, 15) is 9.59 Å². The third-order valence-electron chi connectivity index (χ3n) is 5.49. The van der Waals surface area contributed by atoms with Crippen LogP contribution in [-0.2, 0) is 11.3 Å². The van der Waals surface area contributed by atoms with Crippen LogP contribution in [0.1, 0.15) is 47.2 Å². The number of hydrogen-bond donors (Lipinski definition) is 0. The lowest BCUT2D eigenvalue weighted by Gasteiger charge is -2.44. The Morgan fingerprint density at radius 2 is 1.85 bits per heavy atom. The molecule has 4 rings (SSSR count). The Hall–Kier alpha value is -2.88. The van der Waals surface area contributed by atoms with Gasteiger partial charge in [-0.25, -0.2) is 4.79 Å². The van der Waals surface area contributed by atoms with Crippen LogP contribution in [-0.4, -0.2) is 29.4 Å². The van der Waals surface area contributed by atoms with Crippen LogP contribution in [0.2, 0.25) is 0 Å². The summed E-state index contributed by atoms with van der Waals surface area (Å²) in [5.41, 5.74) is 3.85. The van der Waals surface area contributed by atoms with Gasteiger partial charge in [0.15, 0.2) is 6.29 Å². The van der Waals surface area contributed by atoms with Gasteiger partial charge in [-0.2, -0.15) is 0 Å². The zero-order valence-corrected chi connectivity index (χ0v) is 15.2. The minimum Gasteiger partial charge on any atom is -0.445 e. The van der Waals surface area contributed by atoms with E-state index in [1.165, 1.54) is 5.57 Å². The highest BCUT2D eigenvalue weighted by atomic mass is 16.6. The highest BCUT2D eigenvalue weighted by Gasteiger charge is 2.38. The summed E-state index contributed by atoms with van der Waals surface area (Å²) in [6, 6.07) is 17.6. The Morgan fingerprint density at radius 1 is 1.07 bits per heavy atom. The molecule has 1 amide bonds. The van der Waals surface area contributed by atoms with Crippen molar-refractivity contribution in [2.75, 3.05) is 0 Å². The number of rotatable bonds is 4. The minimum absolute atomic E-state index is 0.0375. The smallest absolute Gasteiger partial charge is 0.410 e. The van der Waals surface area contributed by atoms with Crippen LogP contribution in [0.5, 0.6) is 0 Å². The molecule has 2 aromatic carbocycles. The molecule has 138 valence electrons. The van der Waals surface area contributed by atoms with Gasteiger partial charge in [-0.05, 0) is 42.4 Å². The number of aldehydes is 1. The Labute approximate surface area is 159 Å². The molecule has 4 heteroatoms. The fourth-order valence-corrected chi connectivity index (χ4v) is 4.20. The summed E-state index contributed by atoms with van der Waals surface area (Å²) < 4.78 is 5.59. The Balaban J connectivity index is 1.53. The van der Waals surface area contributed by atoms with E-state index in [0.717, 1.165) is 43.1 Å². The lowest BCUT2D eigenvalue weighted by atomic mass is 9.82. The number of amides is 1. The largest absolute Gasteiger partial charge is 0.445 e. The standard InChI is InChI=1S/C23H23NO3/c25-15-18-9-4-5-12-22(18)19-13-20-10-6-11-21(14-19)24(20)23(26)27-16-17-7-2-1-3-8-17/h1-5,7-9,12-13,15,20-21H,6,10-11,14,16H2. The van der Waals surface area contributed by atoms with Gasteiger partial charge in [0, 0.05) is 11.6 Å². The Morgan fingerprint density at radius 3 is 2.63 bits per heavy atom. The topological polar surface area (TPSA) is 46.6 Å². The second-order valence-corrected chi connectivity index (χ2v) is 7.20. The zero-order chi connectivity index (χ0) is 18.6. The van der Waals surface area contributed by atoms with E-state index in [4.69, 9.17) is 4.74 Å². The van der Waals surface area contributed by atoms with Crippen LogP contribution in [0.3, 0.4) is 0 Å². The van der Waals surface area contributed by atoms with E-state index < -0.39 is 0 Å². The van der Waals surface area contributed by atoms with Gasteiger partial charge < -0.3 is 4.74 Å². The van der Waals surface area contributed by atoms with E-state index in [2.05, 4.69) is 6.08 Å². The van der Waals surface area contributed by atoms with Gasteiger partial charge in [0.05, 0.1) is 6.04 Å².